The standard InChI is InChI=1S/C17H18N4O4/c1-10-14(17(24)25)8-19-21(10)13-4-2-3-12(7-13)20-15(22)9-18-16(23)11-5-6-11/h2-4,7-8,11H,5-6,9H2,1H3,(H,18,23)(H,20,22)(H,24,25). The zero-order valence-electron chi connectivity index (χ0n) is 13.7. The molecule has 2 aromatic rings. The lowest BCUT2D eigenvalue weighted by Gasteiger charge is -2.09. The molecule has 0 unspecified atom stereocenters. The number of aromatic carboxylic acids is 1. The third kappa shape index (κ3) is 3.85. The van der Waals surface area contributed by atoms with E-state index in [1.165, 1.54) is 10.9 Å². The third-order valence-electron chi connectivity index (χ3n) is 3.99. The van der Waals surface area contributed by atoms with Crippen molar-refractivity contribution in [1.82, 2.24) is 15.1 Å². The quantitative estimate of drug-likeness (QED) is 0.733. The number of benzene rings is 1. The number of carboxylic acids is 1. The minimum absolute atomic E-state index is 0.0577. The molecule has 1 aliphatic carbocycles. The second-order valence-electron chi connectivity index (χ2n) is 5.95. The van der Waals surface area contributed by atoms with E-state index in [9.17, 15) is 14.4 Å². The van der Waals surface area contributed by atoms with Crippen molar-refractivity contribution in [2.75, 3.05) is 11.9 Å². The van der Waals surface area contributed by atoms with Gasteiger partial charge in [-0.3, -0.25) is 9.59 Å². The second-order valence-corrected chi connectivity index (χ2v) is 5.95. The number of hydrogen-bond acceptors (Lipinski definition) is 4. The SMILES string of the molecule is Cc1c(C(=O)O)cnn1-c1cccc(NC(=O)CNC(=O)C2CC2)c1. The van der Waals surface area contributed by atoms with Crippen LogP contribution in [-0.4, -0.2) is 39.2 Å². The third-order valence-corrected chi connectivity index (χ3v) is 3.99. The summed E-state index contributed by atoms with van der Waals surface area (Å²) >= 11 is 0. The molecule has 1 aliphatic rings. The zero-order valence-corrected chi connectivity index (χ0v) is 13.7. The summed E-state index contributed by atoms with van der Waals surface area (Å²) in [6.07, 6.45) is 3.06. The molecule has 3 rings (SSSR count). The molecule has 0 bridgehead atoms. The van der Waals surface area contributed by atoms with Crippen molar-refractivity contribution < 1.29 is 19.5 Å². The summed E-state index contributed by atoms with van der Waals surface area (Å²) in [5.74, 6) is -1.39. The fourth-order valence-electron chi connectivity index (χ4n) is 2.46. The molecule has 1 aromatic carbocycles. The Morgan fingerprint density at radius 2 is 2.08 bits per heavy atom. The Balaban J connectivity index is 1.68. The van der Waals surface area contributed by atoms with E-state index in [1.54, 1.807) is 31.2 Å². The van der Waals surface area contributed by atoms with E-state index in [0.29, 0.717) is 17.1 Å². The lowest BCUT2D eigenvalue weighted by molar-refractivity contribution is -0.125. The van der Waals surface area contributed by atoms with Crippen LogP contribution in [0.3, 0.4) is 0 Å². The van der Waals surface area contributed by atoms with Gasteiger partial charge in [0.1, 0.15) is 5.56 Å². The maximum atomic E-state index is 11.9. The highest BCUT2D eigenvalue weighted by molar-refractivity contribution is 5.95. The maximum absolute atomic E-state index is 11.9. The summed E-state index contributed by atoms with van der Waals surface area (Å²) < 4.78 is 1.49. The van der Waals surface area contributed by atoms with E-state index in [2.05, 4.69) is 15.7 Å². The van der Waals surface area contributed by atoms with Crippen molar-refractivity contribution in [1.29, 1.82) is 0 Å². The van der Waals surface area contributed by atoms with Gasteiger partial charge in [-0.15, -0.1) is 0 Å². The van der Waals surface area contributed by atoms with Gasteiger partial charge < -0.3 is 15.7 Å². The summed E-state index contributed by atoms with van der Waals surface area (Å²) in [5.41, 5.74) is 1.78. The Bertz CT molecular complexity index is 839. The van der Waals surface area contributed by atoms with E-state index in [4.69, 9.17) is 5.11 Å². The maximum Gasteiger partial charge on any atom is 0.339 e. The summed E-state index contributed by atoms with van der Waals surface area (Å²) in [7, 11) is 0. The molecule has 0 aliphatic heterocycles. The minimum atomic E-state index is -1.04. The van der Waals surface area contributed by atoms with Crippen LogP contribution in [0.4, 0.5) is 5.69 Å². The first-order chi connectivity index (χ1) is 12.0. The number of aromatic nitrogens is 2. The fraction of sp³-hybridized carbons (Fsp3) is 0.294. The molecule has 3 N–H and O–H groups in total. The zero-order chi connectivity index (χ0) is 18.0. The molecular formula is C17H18N4O4. The Labute approximate surface area is 143 Å². The minimum Gasteiger partial charge on any atom is -0.478 e. The van der Waals surface area contributed by atoms with Gasteiger partial charge in [0, 0.05) is 11.6 Å². The molecule has 0 radical (unpaired) electrons. The first kappa shape index (κ1) is 16.7. The van der Waals surface area contributed by atoms with Crippen LogP contribution in [0.5, 0.6) is 0 Å². The van der Waals surface area contributed by atoms with E-state index < -0.39 is 5.97 Å². The van der Waals surface area contributed by atoms with E-state index in [1.807, 2.05) is 0 Å². The number of hydrogen-bond donors (Lipinski definition) is 3. The van der Waals surface area contributed by atoms with Crippen LogP contribution in [0.1, 0.15) is 28.9 Å². The summed E-state index contributed by atoms with van der Waals surface area (Å²) in [5, 5.41) is 18.5. The first-order valence-electron chi connectivity index (χ1n) is 7.91. The van der Waals surface area contributed by atoms with Crippen molar-refractivity contribution in [2.45, 2.75) is 19.8 Å². The van der Waals surface area contributed by atoms with Crippen LogP contribution in [0.15, 0.2) is 30.5 Å². The molecule has 130 valence electrons. The molecule has 0 spiro atoms. The molecule has 0 saturated heterocycles. The second kappa shape index (κ2) is 6.76. The Morgan fingerprint density at radius 3 is 2.72 bits per heavy atom. The van der Waals surface area contributed by atoms with Crippen LogP contribution in [0.25, 0.3) is 5.69 Å². The van der Waals surface area contributed by atoms with Gasteiger partial charge in [0.25, 0.3) is 0 Å². The van der Waals surface area contributed by atoms with E-state index in [-0.39, 0.29) is 29.8 Å². The van der Waals surface area contributed by atoms with Gasteiger partial charge >= 0.3 is 5.97 Å². The predicted molar refractivity (Wildman–Crippen MR) is 89.6 cm³/mol. The summed E-state index contributed by atoms with van der Waals surface area (Å²) in [6, 6.07) is 6.89. The number of carbonyl (C=O) groups excluding carboxylic acids is 2. The van der Waals surface area contributed by atoms with Crippen molar-refractivity contribution in [3.05, 3.63) is 41.7 Å². The van der Waals surface area contributed by atoms with Gasteiger partial charge in [-0.1, -0.05) is 6.07 Å². The Kier molecular flexibility index (Phi) is 4.51. The van der Waals surface area contributed by atoms with Crippen LogP contribution >= 0.6 is 0 Å². The van der Waals surface area contributed by atoms with Crippen LogP contribution < -0.4 is 10.6 Å². The van der Waals surface area contributed by atoms with Gasteiger partial charge in [0.05, 0.1) is 24.1 Å². The highest BCUT2D eigenvalue weighted by Crippen LogP contribution is 2.28. The van der Waals surface area contributed by atoms with Crippen molar-refractivity contribution in [3.8, 4) is 5.69 Å². The highest BCUT2D eigenvalue weighted by Gasteiger charge is 2.29. The van der Waals surface area contributed by atoms with Gasteiger partial charge in [-0.05, 0) is 38.0 Å². The molecule has 1 saturated carbocycles. The summed E-state index contributed by atoms with van der Waals surface area (Å²) in [4.78, 5) is 34.6. The smallest absolute Gasteiger partial charge is 0.339 e. The molecule has 0 atom stereocenters. The van der Waals surface area contributed by atoms with Crippen molar-refractivity contribution in [3.63, 3.8) is 0 Å². The Hall–Kier alpha value is -3.16. The van der Waals surface area contributed by atoms with Crippen molar-refractivity contribution >= 4 is 23.5 Å². The molecule has 8 heteroatoms. The topological polar surface area (TPSA) is 113 Å². The molecule has 1 aromatic heterocycles. The molecule has 1 fully saturated rings. The molecule has 8 nitrogen and oxygen atoms in total. The largest absolute Gasteiger partial charge is 0.478 e. The molecule has 25 heavy (non-hydrogen) atoms. The predicted octanol–water partition coefficient (Wildman–Crippen LogP) is 1.34. The highest BCUT2D eigenvalue weighted by atomic mass is 16.4. The number of anilines is 1. The summed E-state index contributed by atoms with van der Waals surface area (Å²) in [6.45, 7) is 1.58. The van der Waals surface area contributed by atoms with Gasteiger partial charge in [0.15, 0.2) is 0 Å². The normalized spacial score (nSPS) is 13.3. The number of nitrogens with one attached hydrogen (secondary N) is 2. The molecule has 2 amide bonds. The monoisotopic (exact) mass is 342 g/mol. The lowest BCUT2D eigenvalue weighted by atomic mass is 10.2. The van der Waals surface area contributed by atoms with E-state index >= 15 is 0 Å². The number of carboxylic acid groups (broad SMARTS) is 1. The number of nitrogens with zero attached hydrogens (tertiary/aromatic N) is 2. The average molecular weight is 342 g/mol. The van der Waals surface area contributed by atoms with Crippen molar-refractivity contribution in [2.24, 2.45) is 5.92 Å². The Morgan fingerprint density at radius 1 is 1.32 bits per heavy atom. The lowest BCUT2D eigenvalue weighted by Crippen LogP contribution is -2.33. The van der Waals surface area contributed by atoms with Crippen LogP contribution in [0, 0.1) is 12.8 Å². The van der Waals surface area contributed by atoms with Crippen LogP contribution in [0.2, 0.25) is 0 Å². The number of carbonyl (C=O) groups is 3. The first-order valence-corrected chi connectivity index (χ1v) is 7.91. The van der Waals surface area contributed by atoms with E-state index in [0.717, 1.165) is 12.8 Å². The van der Waals surface area contributed by atoms with Gasteiger partial charge in [-0.25, -0.2) is 9.48 Å². The molecular weight excluding hydrogens is 324 g/mol. The molecule has 1 heterocycles. The van der Waals surface area contributed by atoms with Crippen LogP contribution in [-0.2, 0) is 9.59 Å². The number of rotatable bonds is 6. The van der Waals surface area contributed by atoms with Gasteiger partial charge in [0.2, 0.25) is 11.8 Å². The average Bonchev–Trinajstić information content (AvgIpc) is 3.35. The van der Waals surface area contributed by atoms with Gasteiger partial charge in [-0.2, -0.15) is 5.10 Å². The number of amides is 2. The fourth-order valence-corrected chi connectivity index (χ4v) is 2.46.